The lowest BCUT2D eigenvalue weighted by molar-refractivity contribution is -0.138. The van der Waals surface area contributed by atoms with E-state index in [0.29, 0.717) is 22.6 Å². The van der Waals surface area contributed by atoms with E-state index in [1.54, 1.807) is 13.0 Å². The summed E-state index contributed by atoms with van der Waals surface area (Å²) in [4.78, 5) is 23.7. The van der Waals surface area contributed by atoms with Crippen molar-refractivity contribution in [3.05, 3.63) is 59.8 Å². The number of benzene rings is 2. The SMILES string of the molecule is CC#CCOc1ccc(S(=O)(=O)N[C@@H](Cc2cn(CC3CCCCC3)c3ccc(C(=O)O)cc23)C(=O)O)cc1. The quantitative estimate of drug-likeness (QED) is 0.302. The molecule has 1 aliphatic carbocycles. The van der Waals surface area contributed by atoms with Gasteiger partial charge in [0.2, 0.25) is 10.0 Å². The number of carboxylic acids is 2. The van der Waals surface area contributed by atoms with Crippen molar-refractivity contribution in [3.8, 4) is 17.6 Å². The Kier molecular flexibility index (Phi) is 8.94. The van der Waals surface area contributed by atoms with E-state index in [2.05, 4.69) is 16.6 Å². The van der Waals surface area contributed by atoms with Gasteiger partial charge in [0.05, 0.1) is 10.5 Å². The summed E-state index contributed by atoms with van der Waals surface area (Å²) in [6.07, 6.45) is 7.46. The van der Waals surface area contributed by atoms with Gasteiger partial charge in [0.15, 0.2) is 0 Å². The summed E-state index contributed by atoms with van der Waals surface area (Å²) < 4.78 is 35.9. The minimum absolute atomic E-state index is 0.0823. The molecule has 9 nitrogen and oxygen atoms in total. The van der Waals surface area contributed by atoms with Crippen LogP contribution in [-0.4, -0.2) is 47.8 Å². The highest BCUT2D eigenvalue weighted by atomic mass is 32.2. The first-order chi connectivity index (χ1) is 18.7. The number of carbonyl (C=O) groups is 2. The number of nitrogens with one attached hydrogen (secondary N) is 1. The lowest BCUT2D eigenvalue weighted by Crippen LogP contribution is -2.42. The summed E-state index contributed by atoms with van der Waals surface area (Å²) in [5, 5.41) is 20.1. The third-order valence-corrected chi connectivity index (χ3v) is 8.52. The number of hydrogen-bond acceptors (Lipinski definition) is 5. The maximum atomic E-state index is 13.1. The molecule has 2 aromatic carbocycles. The van der Waals surface area contributed by atoms with Crippen LogP contribution >= 0.6 is 0 Å². The predicted octanol–water partition coefficient (Wildman–Crippen LogP) is 4.30. The number of sulfonamides is 1. The maximum Gasteiger partial charge on any atom is 0.335 e. The van der Waals surface area contributed by atoms with Gasteiger partial charge in [-0.3, -0.25) is 4.79 Å². The molecule has 1 saturated carbocycles. The smallest absolute Gasteiger partial charge is 0.335 e. The summed E-state index contributed by atoms with van der Waals surface area (Å²) in [6, 6.07) is 8.97. The lowest BCUT2D eigenvalue weighted by atomic mass is 9.89. The number of ether oxygens (including phenoxy) is 1. The number of aromatic carboxylic acids is 1. The molecule has 0 saturated heterocycles. The van der Waals surface area contributed by atoms with Gasteiger partial charge in [-0.05, 0) is 73.7 Å². The van der Waals surface area contributed by atoms with Crippen LogP contribution in [0.4, 0.5) is 0 Å². The fourth-order valence-corrected chi connectivity index (χ4v) is 6.22. The van der Waals surface area contributed by atoms with Crippen molar-refractivity contribution in [2.75, 3.05) is 6.61 Å². The summed E-state index contributed by atoms with van der Waals surface area (Å²) in [5.74, 6) is 3.94. The Balaban J connectivity index is 1.60. The highest BCUT2D eigenvalue weighted by Gasteiger charge is 2.28. The van der Waals surface area contributed by atoms with Crippen LogP contribution in [0, 0.1) is 17.8 Å². The number of carboxylic acid groups (broad SMARTS) is 2. The standard InChI is InChI=1S/C29H32N2O7S/c1-2-3-15-38-23-10-12-24(13-11-23)39(36,37)30-26(29(34)35)17-22-19-31(18-20-7-5-4-6-8-20)27-14-9-21(28(32)33)16-25(22)27/h9-14,16,19-20,26,30H,4-8,15,17-18H2,1H3,(H,32,33)(H,34,35)/t26-/m0/s1. The first-order valence-electron chi connectivity index (χ1n) is 12.9. The molecule has 0 unspecified atom stereocenters. The predicted molar refractivity (Wildman–Crippen MR) is 146 cm³/mol. The average molecular weight is 553 g/mol. The molecule has 1 atom stereocenters. The third-order valence-electron chi connectivity index (χ3n) is 7.03. The van der Waals surface area contributed by atoms with Crippen LogP contribution in [0.25, 0.3) is 10.9 Å². The van der Waals surface area contributed by atoms with Crippen LogP contribution < -0.4 is 9.46 Å². The Morgan fingerprint density at radius 3 is 2.46 bits per heavy atom. The second kappa shape index (κ2) is 12.4. The Bertz CT molecular complexity index is 1510. The highest BCUT2D eigenvalue weighted by molar-refractivity contribution is 7.89. The molecule has 3 aromatic rings. The van der Waals surface area contributed by atoms with Gasteiger partial charge in [0, 0.05) is 30.1 Å². The van der Waals surface area contributed by atoms with Crippen molar-refractivity contribution < 1.29 is 33.0 Å². The van der Waals surface area contributed by atoms with Crippen molar-refractivity contribution in [1.82, 2.24) is 9.29 Å². The normalized spacial score (nSPS) is 14.9. The third kappa shape index (κ3) is 6.99. The molecule has 1 aliphatic rings. The number of fused-ring (bicyclic) bond motifs is 1. The highest BCUT2D eigenvalue weighted by Crippen LogP contribution is 2.30. The lowest BCUT2D eigenvalue weighted by Gasteiger charge is -2.22. The van der Waals surface area contributed by atoms with E-state index < -0.39 is 28.0 Å². The van der Waals surface area contributed by atoms with E-state index in [-0.39, 0.29) is 23.5 Å². The number of rotatable bonds is 11. The monoisotopic (exact) mass is 552 g/mol. The van der Waals surface area contributed by atoms with Gasteiger partial charge in [-0.25, -0.2) is 13.2 Å². The van der Waals surface area contributed by atoms with Crippen LogP contribution in [0.15, 0.2) is 53.6 Å². The number of aromatic nitrogens is 1. The number of nitrogens with zero attached hydrogens (tertiary/aromatic N) is 1. The van der Waals surface area contributed by atoms with Gasteiger partial charge in [0.1, 0.15) is 18.4 Å². The zero-order valence-electron chi connectivity index (χ0n) is 21.7. The fraction of sp³-hybridized carbons (Fsp3) is 0.379. The first kappa shape index (κ1) is 28.2. The molecule has 10 heteroatoms. The average Bonchev–Trinajstić information content (AvgIpc) is 3.25. The molecule has 206 valence electrons. The second-order valence-corrected chi connectivity index (χ2v) is 11.5. The molecule has 0 spiro atoms. The summed E-state index contributed by atoms with van der Waals surface area (Å²) in [6.45, 7) is 2.59. The van der Waals surface area contributed by atoms with Crippen LogP contribution in [-0.2, 0) is 27.8 Å². The van der Waals surface area contributed by atoms with Crippen molar-refractivity contribution in [2.24, 2.45) is 5.92 Å². The summed E-state index contributed by atoms with van der Waals surface area (Å²) in [5.41, 5.74) is 1.45. The van der Waals surface area contributed by atoms with E-state index in [1.807, 2.05) is 10.8 Å². The molecule has 1 heterocycles. The Morgan fingerprint density at radius 2 is 1.82 bits per heavy atom. The Labute approximate surface area is 227 Å². The fourth-order valence-electron chi connectivity index (χ4n) is 5.03. The Morgan fingerprint density at radius 1 is 1.10 bits per heavy atom. The molecule has 0 bridgehead atoms. The summed E-state index contributed by atoms with van der Waals surface area (Å²) in [7, 11) is -4.17. The number of hydrogen-bond donors (Lipinski definition) is 3. The van der Waals surface area contributed by atoms with Gasteiger partial charge in [0.25, 0.3) is 0 Å². The van der Waals surface area contributed by atoms with Gasteiger partial charge >= 0.3 is 11.9 Å². The van der Waals surface area contributed by atoms with E-state index in [1.165, 1.54) is 55.7 Å². The van der Waals surface area contributed by atoms with E-state index in [4.69, 9.17) is 4.74 Å². The van der Waals surface area contributed by atoms with E-state index in [0.717, 1.165) is 24.9 Å². The molecule has 0 amide bonds. The largest absolute Gasteiger partial charge is 0.481 e. The molecule has 39 heavy (non-hydrogen) atoms. The molecule has 1 fully saturated rings. The zero-order chi connectivity index (χ0) is 28.0. The van der Waals surface area contributed by atoms with Gasteiger partial charge in [-0.2, -0.15) is 4.72 Å². The molecular formula is C29H32N2O7S. The van der Waals surface area contributed by atoms with Gasteiger partial charge in [-0.15, -0.1) is 5.92 Å². The first-order valence-corrected chi connectivity index (χ1v) is 14.4. The molecular weight excluding hydrogens is 520 g/mol. The Hall–Kier alpha value is -3.81. The van der Waals surface area contributed by atoms with Crippen molar-refractivity contribution in [3.63, 3.8) is 0 Å². The van der Waals surface area contributed by atoms with Crippen molar-refractivity contribution in [1.29, 1.82) is 0 Å². The maximum absolute atomic E-state index is 13.1. The van der Waals surface area contributed by atoms with Crippen LogP contribution in [0.5, 0.6) is 5.75 Å². The van der Waals surface area contributed by atoms with E-state index >= 15 is 0 Å². The zero-order valence-corrected chi connectivity index (χ0v) is 22.5. The van der Waals surface area contributed by atoms with Crippen molar-refractivity contribution >= 4 is 32.9 Å². The molecule has 3 N–H and O–H groups in total. The molecule has 1 aromatic heterocycles. The minimum Gasteiger partial charge on any atom is -0.481 e. The summed E-state index contributed by atoms with van der Waals surface area (Å²) >= 11 is 0. The van der Waals surface area contributed by atoms with Gasteiger partial charge in [-0.1, -0.05) is 25.2 Å². The molecule has 0 radical (unpaired) electrons. The molecule has 4 rings (SSSR count). The van der Waals surface area contributed by atoms with Crippen molar-refractivity contribution in [2.45, 2.75) is 62.9 Å². The number of aliphatic carboxylic acids is 1. The van der Waals surface area contributed by atoms with Crippen LogP contribution in [0.3, 0.4) is 0 Å². The van der Waals surface area contributed by atoms with E-state index in [9.17, 15) is 28.2 Å². The minimum atomic E-state index is -4.17. The second-order valence-electron chi connectivity index (χ2n) is 9.75. The topological polar surface area (TPSA) is 135 Å². The molecule has 0 aliphatic heterocycles. The van der Waals surface area contributed by atoms with Crippen LogP contribution in [0.1, 0.15) is 54.9 Å². The van der Waals surface area contributed by atoms with Crippen LogP contribution in [0.2, 0.25) is 0 Å². The van der Waals surface area contributed by atoms with Gasteiger partial charge < -0.3 is 19.5 Å².